The normalized spacial score (nSPS) is 25.8. The topological polar surface area (TPSA) is 149 Å². The molecule has 1 saturated carbocycles. The maximum atomic E-state index is 14.8. The number of halogens is 1. The summed E-state index contributed by atoms with van der Waals surface area (Å²) in [6, 6.07) is 19.9. The van der Waals surface area contributed by atoms with Crippen molar-refractivity contribution >= 4 is 11.8 Å². The van der Waals surface area contributed by atoms with Gasteiger partial charge in [0, 0.05) is 44.1 Å². The van der Waals surface area contributed by atoms with E-state index in [1.165, 1.54) is 12.1 Å². The van der Waals surface area contributed by atoms with Gasteiger partial charge in [0.1, 0.15) is 30.0 Å². The van der Waals surface area contributed by atoms with Crippen molar-refractivity contribution in [1.82, 2.24) is 4.90 Å². The number of allylic oxidation sites excluding steroid dienone is 1. The number of benzene rings is 3. The zero-order valence-electron chi connectivity index (χ0n) is 35.5. The van der Waals surface area contributed by atoms with Gasteiger partial charge in [0.15, 0.2) is 0 Å². The Hall–Kier alpha value is -4.79. The Balaban J connectivity index is 1.36. The summed E-state index contributed by atoms with van der Waals surface area (Å²) >= 11 is 0. The highest BCUT2D eigenvalue weighted by molar-refractivity contribution is 6.03. The number of hydrogen-bond donors (Lipinski definition) is 3. The van der Waals surface area contributed by atoms with Crippen molar-refractivity contribution in [2.24, 2.45) is 22.9 Å². The van der Waals surface area contributed by atoms with Crippen molar-refractivity contribution < 1.29 is 53.0 Å². The number of aromatic hydroxyl groups is 1. The van der Waals surface area contributed by atoms with Crippen LogP contribution in [0.25, 0.3) is 0 Å². The third kappa shape index (κ3) is 10.7. The maximum Gasteiger partial charge on any atom is 0.410 e. The van der Waals surface area contributed by atoms with Crippen LogP contribution in [0.15, 0.2) is 102 Å². The van der Waals surface area contributed by atoms with E-state index in [-0.39, 0.29) is 69.5 Å². The fourth-order valence-electron chi connectivity index (χ4n) is 9.70. The Morgan fingerprint density at radius 1 is 0.968 bits per heavy atom. The van der Waals surface area contributed by atoms with E-state index in [1.54, 1.807) is 41.3 Å². The lowest BCUT2D eigenvalue weighted by Crippen LogP contribution is -2.70. The van der Waals surface area contributed by atoms with Crippen LogP contribution < -0.4 is 4.74 Å². The average molecular weight is 857 g/mol. The largest absolute Gasteiger partial charge is 0.508 e. The number of carbonyl (C=O) groups excluding carboxylic acids is 1. The molecule has 3 N–H and O–H groups in total. The molecule has 0 aromatic heterocycles. The fourth-order valence-corrected chi connectivity index (χ4v) is 9.70. The second-order valence-electron chi connectivity index (χ2n) is 16.6. The number of unbranched alkanes of at least 4 members (excludes halogenated alkanes) is 2. The minimum absolute atomic E-state index is 0.0136. The zero-order valence-corrected chi connectivity index (χ0v) is 35.5. The van der Waals surface area contributed by atoms with E-state index >= 15 is 0 Å². The first-order chi connectivity index (χ1) is 30.3. The number of amides is 1. The number of rotatable bonds is 21. The van der Waals surface area contributed by atoms with Gasteiger partial charge >= 0.3 is 6.09 Å². The van der Waals surface area contributed by atoms with Crippen molar-refractivity contribution in [2.45, 2.75) is 101 Å². The summed E-state index contributed by atoms with van der Waals surface area (Å²) in [5.74, 6) is -2.27. The Labute approximate surface area is 363 Å². The summed E-state index contributed by atoms with van der Waals surface area (Å²) in [7, 11) is 0. The molecule has 2 aliphatic carbocycles. The molecule has 2 aliphatic heterocycles. The second kappa shape index (κ2) is 22.0. The number of hydrogen-bond acceptors (Lipinski definition) is 11. The summed E-state index contributed by atoms with van der Waals surface area (Å²) < 4.78 is 46.4. The van der Waals surface area contributed by atoms with Gasteiger partial charge < -0.3 is 43.8 Å². The number of aliphatic hydroxyl groups is 2. The van der Waals surface area contributed by atoms with Crippen LogP contribution in [-0.4, -0.2) is 89.8 Å². The summed E-state index contributed by atoms with van der Waals surface area (Å²) in [4.78, 5) is 22.6. The van der Waals surface area contributed by atoms with E-state index in [2.05, 4.69) is 12.7 Å². The maximum absolute atomic E-state index is 14.8. The third-order valence-corrected chi connectivity index (χ3v) is 12.5. The number of carbonyl (C=O) groups is 1. The number of aliphatic hydroxyl groups excluding tert-OH is 2. The molecule has 3 aromatic carbocycles. The molecule has 7 atom stereocenters. The van der Waals surface area contributed by atoms with Crippen LogP contribution in [0.5, 0.6) is 11.5 Å². The highest BCUT2D eigenvalue weighted by Crippen LogP contribution is 2.62. The first-order valence-corrected chi connectivity index (χ1v) is 22.2. The number of phenolic OH excluding ortho intramolecular Hbond substituents is 1. The molecule has 3 aromatic rings. The summed E-state index contributed by atoms with van der Waals surface area (Å²) in [6.07, 6.45) is 9.74. The molecule has 2 fully saturated rings. The average Bonchev–Trinajstić information content (AvgIpc) is 3.29. The van der Waals surface area contributed by atoms with Crippen molar-refractivity contribution in [1.29, 1.82) is 0 Å². The number of fused-ring (bicyclic) bond motifs is 2. The van der Waals surface area contributed by atoms with E-state index in [4.69, 9.17) is 33.7 Å². The summed E-state index contributed by atoms with van der Waals surface area (Å²) in [5.41, 5.74) is 3.91. The molecular weight excluding hydrogens is 796 g/mol. The third-order valence-electron chi connectivity index (χ3n) is 12.5. The number of oxime groups is 1. The van der Waals surface area contributed by atoms with E-state index in [9.17, 15) is 24.5 Å². The molecule has 7 unspecified atom stereocenters. The van der Waals surface area contributed by atoms with Crippen LogP contribution in [0, 0.1) is 23.6 Å². The molecule has 7 rings (SSSR count). The predicted octanol–water partition coefficient (Wildman–Crippen LogP) is 8.55. The first kappa shape index (κ1) is 45.2. The Morgan fingerprint density at radius 2 is 1.76 bits per heavy atom. The molecule has 1 saturated heterocycles. The molecule has 334 valence electrons. The van der Waals surface area contributed by atoms with Gasteiger partial charge in [-0.3, -0.25) is 4.90 Å². The Bertz CT molecular complexity index is 1970. The van der Waals surface area contributed by atoms with Crippen LogP contribution in [-0.2, 0) is 36.9 Å². The SMILES string of the molecule is C=CCOC12Oc3ccc(O)cc3C3C(CCCCO)C(CCCCO)C=C(C(=NOC4CCCCO4)CC1N(Cc1ccc(F)cc1)C(=O)OCCOCc1ccccc1)C32. The van der Waals surface area contributed by atoms with Crippen molar-refractivity contribution in [2.75, 3.05) is 39.6 Å². The highest BCUT2D eigenvalue weighted by atomic mass is 19.1. The van der Waals surface area contributed by atoms with Crippen molar-refractivity contribution in [3.8, 4) is 11.5 Å². The van der Waals surface area contributed by atoms with Gasteiger partial charge in [-0.1, -0.05) is 72.6 Å². The van der Waals surface area contributed by atoms with Gasteiger partial charge in [0.05, 0.1) is 38.1 Å². The fraction of sp³-hybridized carbons (Fsp3) is 0.510. The molecule has 62 heavy (non-hydrogen) atoms. The molecule has 0 radical (unpaired) electrons. The van der Waals surface area contributed by atoms with Crippen molar-refractivity contribution in [3.63, 3.8) is 0 Å². The number of nitrogens with zero attached hydrogens (tertiary/aromatic N) is 2. The zero-order chi connectivity index (χ0) is 43.3. The molecule has 12 nitrogen and oxygen atoms in total. The van der Waals surface area contributed by atoms with Crippen LogP contribution in [0.2, 0.25) is 0 Å². The van der Waals surface area contributed by atoms with Gasteiger partial charge in [-0.05, 0) is 97.4 Å². The molecule has 0 bridgehead atoms. The van der Waals surface area contributed by atoms with Gasteiger partial charge in [0.2, 0.25) is 12.1 Å². The van der Waals surface area contributed by atoms with E-state index in [0.717, 1.165) is 55.2 Å². The predicted molar refractivity (Wildman–Crippen MR) is 231 cm³/mol. The number of ether oxygens (including phenoxy) is 5. The van der Waals surface area contributed by atoms with Crippen molar-refractivity contribution in [3.05, 3.63) is 120 Å². The molecular formula is C49H61FN2O10. The van der Waals surface area contributed by atoms with Crippen LogP contribution in [0.1, 0.15) is 86.8 Å². The van der Waals surface area contributed by atoms with E-state index in [0.29, 0.717) is 49.5 Å². The quantitative estimate of drug-likeness (QED) is 0.0541. The molecule has 1 amide bonds. The Kier molecular flexibility index (Phi) is 16.1. The van der Waals surface area contributed by atoms with Gasteiger partial charge in [-0.2, -0.15) is 0 Å². The highest BCUT2D eigenvalue weighted by Gasteiger charge is 2.65. The van der Waals surface area contributed by atoms with E-state index < -0.39 is 35.9 Å². The van der Waals surface area contributed by atoms with Gasteiger partial charge in [-0.25, -0.2) is 9.18 Å². The minimum atomic E-state index is -1.55. The summed E-state index contributed by atoms with van der Waals surface area (Å²) in [5, 5.41) is 35.7. The standard InChI is InChI=1S/C49H61FN2O10/c1-2-25-60-49-44(52(32-34-17-19-37(50)20-18-34)48(56)59-28-27-57-33-35-12-4-3-5-13-35)31-42(51-62-45-16-8-11-26-58-45)40-29-36(14-6-9-23-53)39(15-7-10-24-54)46(47(40)49)41-30-38(55)21-22-43(41)61-49/h2-5,12-13,17-22,29-30,36,39,44-47,53-55H,1,6-11,14-16,23-28,31-33H2. The Morgan fingerprint density at radius 3 is 2.50 bits per heavy atom. The lowest BCUT2D eigenvalue weighted by atomic mass is 9.55. The molecule has 13 heteroatoms. The smallest absolute Gasteiger partial charge is 0.410 e. The summed E-state index contributed by atoms with van der Waals surface area (Å²) in [6.45, 7) is 5.24. The lowest BCUT2D eigenvalue weighted by molar-refractivity contribution is -0.256. The molecule has 2 heterocycles. The molecule has 4 aliphatic rings. The van der Waals surface area contributed by atoms with Gasteiger partial charge in [0.25, 0.3) is 0 Å². The monoisotopic (exact) mass is 856 g/mol. The first-order valence-electron chi connectivity index (χ1n) is 22.2. The van der Waals surface area contributed by atoms with E-state index in [1.807, 2.05) is 30.3 Å². The van der Waals surface area contributed by atoms with Gasteiger partial charge in [-0.15, -0.1) is 6.58 Å². The van der Waals surface area contributed by atoms with Crippen LogP contribution in [0.3, 0.4) is 0 Å². The minimum Gasteiger partial charge on any atom is -0.508 e. The van der Waals surface area contributed by atoms with Crippen LogP contribution >= 0.6 is 0 Å². The lowest BCUT2D eigenvalue weighted by Gasteiger charge is -2.59. The number of phenols is 1. The van der Waals surface area contributed by atoms with Crippen LogP contribution in [0.4, 0.5) is 9.18 Å². The second-order valence-corrected chi connectivity index (χ2v) is 16.6. The molecule has 0 spiro atoms.